The molecule has 0 aliphatic rings. The number of nitrogens with one attached hydrogen (secondary N) is 1. The molecular weight excluding hydrogens is 284 g/mol. The van der Waals surface area contributed by atoms with Crippen LogP contribution in [0.5, 0.6) is 11.5 Å². The van der Waals surface area contributed by atoms with Crippen LogP contribution in [0.25, 0.3) is 0 Å². The maximum Gasteiger partial charge on any atom is 0.387 e. The van der Waals surface area contributed by atoms with Gasteiger partial charge in [-0.15, -0.1) is 5.10 Å². The van der Waals surface area contributed by atoms with Gasteiger partial charge in [-0.05, 0) is 29.5 Å². The van der Waals surface area contributed by atoms with Gasteiger partial charge in [0.25, 0.3) is 0 Å². The van der Waals surface area contributed by atoms with E-state index in [1.54, 1.807) is 23.9 Å². The van der Waals surface area contributed by atoms with E-state index in [2.05, 4.69) is 25.6 Å². The average Bonchev–Trinajstić information content (AvgIpc) is 2.86. The van der Waals surface area contributed by atoms with Crippen LogP contribution in [0.4, 0.5) is 14.5 Å². The summed E-state index contributed by atoms with van der Waals surface area (Å²) in [5.41, 5.74) is 0.670. The van der Waals surface area contributed by atoms with Crippen molar-refractivity contribution in [2.45, 2.75) is 19.6 Å². The number of benzene rings is 1. The van der Waals surface area contributed by atoms with Crippen LogP contribution >= 0.6 is 0 Å². The lowest BCUT2D eigenvalue weighted by atomic mass is 10.2. The molecule has 0 saturated heterocycles. The normalized spacial score (nSPS) is 12.3. The van der Waals surface area contributed by atoms with Crippen molar-refractivity contribution in [2.75, 3.05) is 12.4 Å². The van der Waals surface area contributed by atoms with Crippen molar-refractivity contribution < 1.29 is 18.3 Å². The van der Waals surface area contributed by atoms with Crippen LogP contribution in [-0.4, -0.2) is 33.9 Å². The maximum absolute atomic E-state index is 12.3. The van der Waals surface area contributed by atoms with E-state index in [4.69, 9.17) is 4.74 Å². The Morgan fingerprint density at radius 1 is 1.29 bits per heavy atom. The fourth-order valence-corrected chi connectivity index (χ4v) is 1.87. The largest absolute Gasteiger partial charge is 0.493 e. The second-order valence-electron chi connectivity index (χ2n) is 4.27. The number of tetrazole rings is 1. The summed E-state index contributed by atoms with van der Waals surface area (Å²) >= 11 is 0. The highest BCUT2D eigenvalue weighted by Crippen LogP contribution is 2.32. The van der Waals surface area contributed by atoms with Gasteiger partial charge in [0, 0.05) is 18.8 Å². The van der Waals surface area contributed by atoms with E-state index < -0.39 is 6.61 Å². The first-order chi connectivity index (χ1) is 10.0. The number of aryl methyl sites for hydroxylation is 1. The number of aromatic nitrogens is 4. The summed E-state index contributed by atoms with van der Waals surface area (Å²) < 4.78 is 35.5. The predicted molar refractivity (Wildman–Crippen MR) is 70.5 cm³/mol. The van der Waals surface area contributed by atoms with Gasteiger partial charge in [0.2, 0.25) is 0 Å². The molecule has 0 saturated carbocycles. The summed E-state index contributed by atoms with van der Waals surface area (Å²) in [6.45, 7) is -1.02. The molecule has 0 radical (unpaired) electrons. The minimum Gasteiger partial charge on any atom is -0.493 e. The van der Waals surface area contributed by atoms with E-state index >= 15 is 0 Å². The third kappa shape index (κ3) is 3.56. The first-order valence-corrected chi connectivity index (χ1v) is 6.13. The molecule has 1 unspecified atom stereocenters. The Kier molecular flexibility index (Phi) is 4.51. The Morgan fingerprint density at radius 2 is 2.05 bits per heavy atom. The Labute approximate surface area is 119 Å². The van der Waals surface area contributed by atoms with Gasteiger partial charge < -0.3 is 14.8 Å². The number of nitrogens with zero attached hydrogens (tertiary/aromatic N) is 4. The summed E-state index contributed by atoms with van der Waals surface area (Å²) in [5, 5.41) is 14.4. The Morgan fingerprint density at radius 3 is 2.62 bits per heavy atom. The summed E-state index contributed by atoms with van der Waals surface area (Å²) in [4.78, 5) is 0. The molecule has 21 heavy (non-hydrogen) atoms. The maximum atomic E-state index is 12.3. The van der Waals surface area contributed by atoms with Crippen molar-refractivity contribution in [3.8, 4) is 11.5 Å². The molecular formula is C12H15F2N5O2. The number of anilines is 1. The quantitative estimate of drug-likeness (QED) is 0.879. The van der Waals surface area contributed by atoms with Crippen LogP contribution in [0.15, 0.2) is 18.2 Å². The molecule has 1 atom stereocenters. The van der Waals surface area contributed by atoms with E-state index in [9.17, 15) is 8.78 Å². The number of halogens is 2. The Bertz CT molecular complexity index is 605. The first-order valence-electron chi connectivity index (χ1n) is 6.13. The minimum absolute atomic E-state index is 0.0222. The molecule has 114 valence electrons. The SMILES string of the molecule is COc1cc(NC(C)c2nnnn2C)ccc1OC(F)F. The zero-order valence-corrected chi connectivity index (χ0v) is 11.7. The van der Waals surface area contributed by atoms with E-state index in [1.165, 1.54) is 13.2 Å². The monoisotopic (exact) mass is 299 g/mol. The van der Waals surface area contributed by atoms with Gasteiger partial charge in [-0.1, -0.05) is 0 Å². The van der Waals surface area contributed by atoms with Crippen LogP contribution in [0.1, 0.15) is 18.8 Å². The molecule has 9 heteroatoms. The molecule has 0 aliphatic heterocycles. The zero-order chi connectivity index (χ0) is 15.4. The summed E-state index contributed by atoms with van der Waals surface area (Å²) in [6.07, 6.45) is 0. The van der Waals surface area contributed by atoms with Gasteiger partial charge >= 0.3 is 6.61 Å². The van der Waals surface area contributed by atoms with E-state index in [0.29, 0.717) is 11.5 Å². The van der Waals surface area contributed by atoms with Crippen LogP contribution < -0.4 is 14.8 Å². The topological polar surface area (TPSA) is 74.1 Å². The number of methoxy groups -OCH3 is 1. The van der Waals surface area contributed by atoms with Gasteiger partial charge in [0.15, 0.2) is 17.3 Å². The van der Waals surface area contributed by atoms with Gasteiger partial charge in [-0.3, -0.25) is 0 Å². The summed E-state index contributed by atoms with van der Waals surface area (Å²) in [7, 11) is 3.11. The number of ether oxygens (including phenoxy) is 2. The molecule has 0 spiro atoms. The van der Waals surface area contributed by atoms with Crippen molar-refractivity contribution in [1.29, 1.82) is 0 Å². The molecule has 7 nitrogen and oxygen atoms in total. The lowest BCUT2D eigenvalue weighted by Gasteiger charge is -2.16. The van der Waals surface area contributed by atoms with Crippen LogP contribution in [0.2, 0.25) is 0 Å². The summed E-state index contributed by atoms with van der Waals surface area (Å²) in [5.74, 6) is 0.830. The lowest BCUT2D eigenvalue weighted by Crippen LogP contribution is -2.12. The van der Waals surface area contributed by atoms with E-state index in [-0.39, 0.29) is 17.5 Å². The van der Waals surface area contributed by atoms with Gasteiger partial charge in [0.1, 0.15) is 0 Å². The molecule has 1 heterocycles. The fourth-order valence-electron chi connectivity index (χ4n) is 1.87. The van der Waals surface area contributed by atoms with Crippen LogP contribution in [-0.2, 0) is 7.05 Å². The molecule has 2 rings (SSSR count). The standard InChI is InChI=1S/C12H15F2N5O2/c1-7(11-16-17-18-19(11)2)15-8-4-5-9(21-12(13)14)10(6-8)20-3/h4-7,12,15H,1-3H3. The highest BCUT2D eigenvalue weighted by atomic mass is 19.3. The third-order valence-corrected chi connectivity index (χ3v) is 2.80. The Balaban J connectivity index is 2.15. The Hall–Kier alpha value is -2.45. The average molecular weight is 299 g/mol. The van der Waals surface area contributed by atoms with Crippen molar-refractivity contribution in [3.05, 3.63) is 24.0 Å². The number of hydrogen-bond acceptors (Lipinski definition) is 6. The lowest BCUT2D eigenvalue weighted by molar-refractivity contribution is -0.0512. The van der Waals surface area contributed by atoms with Crippen molar-refractivity contribution in [1.82, 2.24) is 20.2 Å². The van der Waals surface area contributed by atoms with E-state index in [1.807, 2.05) is 6.92 Å². The fraction of sp³-hybridized carbons (Fsp3) is 0.417. The van der Waals surface area contributed by atoms with Crippen molar-refractivity contribution in [3.63, 3.8) is 0 Å². The van der Waals surface area contributed by atoms with Gasteiger partial charge in [-0.25, -0.2) is 4.68 Å². The zero-order valence-electron chi connectivity index (χ0n) is 11.7. The third-order valence-electron chi connectivity index (χ3n) is 2.80. The predicted octanol–water partition coefficient (Wildman–Crippen LogP) is 1.99. The molecule has 2 aromatic rings. The minimum atomic E-state index is -2.90. The number of alkyl halides is 2. The van der Waals surface area contributed by atoms with Crippen molar-refractivity contribution >= 4 is 5.69 Å². The summed E-state index contributed by atoms with van der Waals surface area (Å²) in [6, 6.07) is 4.42. The van der Waals surface area contributed by atoms with Gasteiger partial charge in [-0.2, -0.15) is 8.78 Å². The van der Waals surface area contributed by atoms with E-state index in [0.717, 1.165) is 0 Å². The molecule has 0 bridgehead atoms. The first kappa shape index (κ1) is 14.9. The smallest absolute Gasteiger partial charge is 0.387 e. The highest BCUT2D eigenvalue weighted by Gasteiger charge is 2.15. The second-order valence-corrected chi connectivity index (χ2v) is 4.27. The molecule has 1 N–H and O–H groups in total. The highest BCUT2D eigenvalue weighted by molar-refractivity contribution is 5.55. The molecule has 1 aromatic carbocycles. The second kappa shape index (κ2) is 6.33. The molecule has 0 amide bonds. The molecule has 0 aliphatic carbocycles. The van der Waals surface area contributed by atoms with Crippen LogP contribution in [0, 0.1) is 0 Å². The molecule has 1 aromatic heterocycles. The number of rotatable bonds is 6. The number of hydrogen-bond donors (Lipinski definition) is 1. The van der Waals surface area contributed by atoms with Crippen molar-refractivity contribution in [2.24, 2.45) is 7.05 Å². The van der Waals surface area contributed by atoms with Gasteiger partial charge in [0.05, 0.1) is 13.2 Å². The molecule has 0 fully saturated rings. The van der Waals surface area contributed by atoms with Crippen LogP contribution in [0.3, 0.4) is 0 Å².